The van der Waals surface area contributed by atoms with Gasteiger partial charge in [-0.1, -0.05) is 0 Å². The van der Waals surface area contributed by atoms with Gasteiger partial charge < -0.3 is 0 Å². The van der Waals surface area contributed by atoms with Gasteiger partial charge in [0.1, 0.15) is 0 Å². The molecule has 0 aromatic heterocycles. The predicted molar refractivity (Wildman–Crippen MR) is 58.2 cm³/mol. The molecule has 0 bridgehead atoms. The van der Waals surface area contributed by atoms with Crippen molar-refractivity contribution in [1.82, 2.24) is 0 Å². The van der Waals surface area contributed by atoms with E-state index in [1.54, 1.807) is 0 Å². The first-order chi connectivity index (χ1) is 6.45. The van der Waals surface area contributed by atoms with Crippen molar-refractivity contribution in [1.29, 1.82) is 0 Å². The molecule has 0 saturated carbocycles. The third kappa shape index (κ3) is 6.39. The normalized spacial score (nSPS) is 14.7. The number of carbonyl (C=O) groups is 1. The first-order valence-electron chi connectivity index (χ1n) is 3.99. The van der Waals surface area contributed by atoms with Gasteiger partial charge in [-0.15, -0.1) is 0 Å². The maximum absolute atomic E-state index is 10.3. The van der Waals surface area contributed by atoms with Crippen molar-refractivity contribution < 1.29 is 15.0 Å². The van der Waals surface area contributed by atoms with Gasteiger partial charge >= 0.3 is 94.4 Å². The summed E-state index contributed by atoms with van der Waals surface area (Å²) in [6.45, 7) is 0. The molecule has 6 N–H and O–H groups in total. The fraction of sp³-hybridized carbons (Fsp3) is 0.714. The molecule has 0 aromatic rings. The van der Waals surface area contributed by atoms with Gasteiger partial charge in [-0.25, -0.2) is 0 Å². The van der Waals surface area contributed by atoms with E-state index in [9.17, 15) is 4.79 Å². The van der Waals surface area contributed by atoms with E-state index in [0.29, 0.717) is 17.9 Å². The second kappa shape index (κ2) is 7.25. The van der Waals surface area contributed by atoms with E-state index in [4.69, 9.17) is 21.7 Å². The number of thioether (sulfide) groups is 1. The molecule has 0 radical (unpaired) electrons. The van der Waals surface area contributed by atoms with Crippen LogP contribution in [0, 0.1) is 0 Å². The molecular weight excluding hydrogens is 271 g/mol. The number of carboxylic acid groups (broad SMARTS) is 1. The SMILES string of the molecule is N[C@@H](CCSC[C@H](N)C(O)=[Se])C(=O)O. The van der Waals surface area contributed by atoms with Gasteiger partial charge in [-0.05, 0) is 0 Å². The third-order valence-corrected chi connectivity index (χ3v) is 3.26. The van der Waals surface area contributed by atoms with Gasteiger partial charge in [-0.3, -0.25) is 0 Å². The molecule has 0 aliphatic carbocycles. The van der Waals surface area contributed by atoms with Crippen LogP contribution < -0.4 is 11.5 Å². The summed E-state index contributed by atoms with van der Waals surface area (Å²) in [5.41, 5.74) is 10.8. The van der Waals surface area contributed by atoms with Crippen LogP contribution >= 0.6 is 11.8 Å². The molecule has 0 unspecified atom stereocenters. The molecule has 5 nitrogen and oxygen atoms in total. The zero-order chi connectivity index (χ0) is 11.1. The maximum atomic E-state index is 10.3. The average Bonchev–Trinajstić information content (AvgIpc) is 2.11. The van der Waals surface area contributed by atoms with Crippen LogP contribution in [0.2, 0.25) is 0 Å². The number of rotatable bonds is 7. The number of hydrogen-bond acceptors (Lipinski definition) is 5. The summed E-state index contributed by atoms with van der Waals surface area (Å²) in [5.74, 6) is 0.174. The van der Waals surface area contributed by atoms with E-state index < -0.39 is 18.1 Å². The summed E-state index contributed by atoms with van der Waals surface area (Å²) in [6, 6.07) is -1.22. The van der Waals surface area contributed by atoms with Gasteiger partial charge in [0.2, 0.25) is 0 Å². The molecule has 82 valence electrons. The minimum atomic E-state index is -0.992. The number of aliphatic hydroxyl groups excluding tert-OH is 1. The van der Waals surface area contributed by atoms with Gasteiger partial charge in [-0.2, -0.15) is 0 Å². The second-order valence-corrected chi connectivity index (χ2v) is 4.78. The van der Waals surface area contributed by atoms with Crippen molar-refractivity contribution in [3.05, 3.63) is 0 Å². The van der Waals surface area contributed by atoms with Crippen LogP contribution in [-0.2, 0) is 4.79 Å². The molecule has 0 aliphatic heterocycles. The van der Waals surface area contributed by atoms with Crippen LogP contribution in [0.1, 0.15) is 6.42 Å². The van der Waals surface area contributed by atoms with Gasteiger partial charge in [0.15, 0.2) is 0 Å². The monoisotopic (exact) mass is 286 g/mol. The van der Waals surface area contributed by atoms with Crippen LogP contribution in [0.15, 0.2) is 0 Å². The summed E-state index contributed by atoms with van der Waals surface area (Å²) >= 11 is 3.89. The number of carboxylic acids is 1. The Balaban J connectivity index is 3.47. The number of aliphatic hydroxyl groups is 1. The molecular formula is C7H14N2O3SSe. The van der Waals surface area contributed by atoms with E-state index in [0.717, 1.165) is 0 Å². The van der Waals surface area contributed by atoms with E-state index >= 15 is 0 Å². The first kappa shape index (κ1) is 13.9. The van der Waals surface area contributed by atoms with Crippen LogP contribution in [-0.4, -0.2) is 60.0 Å². The Labute approximate surface area is 94.6 Å². The molecule has 0 heterocycles. The molecule has 7 heteroatoms. The fourth-order valence-electron chi connectivity index (χ4n) is 0.615. The van der Waals surface area contributed by atoms with Gasteiger partial charge in [0, 0.05) is 0 Å². The van der Waals surface area contributed by atoms with E-state index in [1.165, 1.54) is 11.8 Å². The number of hydrogen-bond donors (Lipinski definition) is 4. The molecule has 14 heavy (non-hydrogen) atoms. The number of aliphatic carboxylic acids is 1. The topological polar surface area (TPSA) is 110 Å². The Morgan fingerprint density at radius 3 is 2.36 bits per heavy atom. The van der Waals surface area contributed by atoms with Crippen LogP contribution in [0.5, 0.6) is 0 Å². The van der Waals surface area contributed by atoms with Crippen molar-refractivity contribution in [2.45, 2.75) is 18.5 Å². The van der Waals surface area contributed by atoms with Crippen molar-refractivity contribution in [3.8, 4) is 0 Å². The fourth-order valence-corrected chi connectivity index (χ4v) is 2.03. The summed E-state index contributed by atoms with van der Waals surface area (Å²) in [5, 5.41) is 17.4. The summed E-state index contributed by atoms with van der Waals surface area (Å²) in [7, 11) is 0. The van der Waals surface area contributed by atoms with E-state index in [1.807, 2.05) is 0 Å². The first-order valence-corrected chi connectivity index (χ1v) is 6.00. The average molecular weight is 285 g/mol. The molecule has 0 amide bonds. The summed E-state index contributed by atoms with van der Waals surface area (Å²) in [6.07, 6.45) is 0.404. The molecule has 0 aliphatic rings. The van der Waals surface area contributed by atoms with Crippen molar-refractivity contribution >= 4 is 37.9 Å². The number of nitrogens with two attached hydrogens (primary N) is 2. The quantitative estimate of drug-likeness (QED) is 0.335. The van der Waals surface area contributed by atoms with Crippen molar-refractivity contribution in [2.75, 3.05) is 11.5 Å². The Bertz CT molecular complexity index is 193. The predicted octanol–water partition coefficient (Wildman–Crippen LogP) is -1.48. The zero-order valence-electron chi connectivity index (χ0n) is 7.55. The summed E-state index contributed by atoms with van der Waals surface area (Å²) < 4.78 is 0.0695. The molecule has 0 aromatic carbocycles. The molecule has 0 saturated heterocycles. The second-order valence-electron chi connectivity index (χ2n) is 2.75. The van der Waals surface area contributed by atoms with Crippen LogP contribution in [0.4, 0.5) is 0 Å². The Hall–Kier alpha value is -0.0705. The molecule has 0 spiro atoms. The minimum absolute atomic E-state index is 0.0695. The molecule has 2 atom stereocenters. The van der Waals surface area contributed by atoms with Crippen LogP contribution in [0.3, 0.4) is 0 Å². The van der Waals surface area contributed by atoms with Crippen LogP contribution in [0.25, 0.3) is 0 Å². The van der Waals surface area contributed by atoms with E-state index in [-0.39, 0.29) is 4.60 Å². The molecule has 0 fully saturated rings. The Morgan fingerprint density at radius 2 is 1.93 bits per heavy atom. The third-order valence-electron chi connectivity index (χ3n) is 1.50. The van der Waals surface area contributed by atoms with Crippen molar-refractivity contribution in [3.63, 3.8) is 0 Å². The standard InChI is InChI=1S/C7H14N2O3SSe/c8-4(6(10)11)1-2-13-3-5(9)7(12)14/h4-5H,1-3,8-9H2,(H,10,11)(H,12,14)/t4-,5-/m0/s1. The summed E-state index contributed by atoms with van der Waals surface area (Å²) in [4.78, 5) is 10.3. The van der Waals surface area contributed by atoms with E-state index in [2.05, 4.69) is 15.6 Å². The van der Waals surface area contributed by atoms with Gasteiger partial charge in [0.05, 0.1) is 0 Å². The Morgan fingerprint density at radius 1 is 1.36 bits per heavy atom. The zero-order valence-corrected chi connectivity index (χ0v) is 10.1. The van der Waals surface area contributed by atoms with Crippen molar-refractivity contribution in [2.24, 2.45) is 11.5 Å². The molecule has 0 rings (SSSR count). The Kier molecular flexibility index (Phi) is 7.21. The van der Waals surface area contributed by atoms with Gasteiger partial charge in [0.25, 0.3) is 0 Å².